The van der Waals surface area contributed by atoms with Crippen LogP contribution in [0.1, 0.15) is 22.2 Å². The molecule has 9 nitrogen and oxygen atoms in total. The predicted molar refractivity (Wildman–Crippen MR) is 115 cm³/mol. The molecule has 4 rings (SSSR count). The Morgan fingerprint density at radius 2 is 1.97 bits per heavy atom. The van der Waals surface area contributed by atoms with Crippen molar-refractivity contribution in [3.05, 3.63) is 52.2 Å². The number of hydrogen-bond donors (Lipinski definition) is 3. The number of tetrazole rings is 1. The van der Waals surface area contributed by atoms with Crippen molar-refractivity contribution < 1.29 is 27.8 Å². The molecule has 14 heteroatoms. The third-order valence-electron chi connectivity index (χ3n) is 4.23. The van der Waals surface area contributed by atoms with Gasteiger partial charge in [-0.25, -0.2) is 5.43 Å². The summed E-state index contributed by atoms with van der Waals surface area (Å²) < 4.78 is 40.8. The third kappa shape index (κ3) is 5.18. The van der Waals surface area contributed by atoms with E-state index in [-0.39, 0.29) is 11.5 Å². The highest BCUT2D eigenvalue weighted by atomic mass is 32.1. The molecule has 3 N–H and O–H groups in total. The quantitative estimate of drug-likeness (QED) is 0.269. The zero-order valence-electron chi connectivity index (χ0n) is 16.5. The maximum Gasteiger partial charge on any atom is 0.573 e. The standard InChI is InChI=1S/C19H13F3N6O3S2/c1-9(23-26-18(30)14-7-6-13(33-14)17-24-27-28-25-17)12-8-32-16(15(12)29)10-2-4-11(5-3-10)31-19(20,21)22/h2-8,29H,1H3,(H,26,30)(H,24,25,27,28). The number of carbonyl (C=O) groups is 1. The average molecular weight is 494 g/mol. The number of aromatic hydroxyl groups is 1. The lowest BCUT2D eigenvalue weighted by Crippen LogP contribution is -2.18. The van der Waals surface area contributed by atoms with Gasteiger partial charge in [-0.15, -0.1) is 46.0 Å². The van der Waals surface area contributed by atoms with E-state index in [1.54, 1.807) is 24.4 Å². The van der Waals surface area contributed by atoms with Gasteiger partial charge in [0.25, 0.3) is 5.91 Å². The predicted octanol–water partition coefficient (Wildman–Crippen LogP) is 4.41. The molecule has 3 aromatic heterocycles. The molecule has 0 aliphatic carbocycles. The van der Waals surface area contributed by atoms with E-state index < -0.39 is 12.3 Å². The molecule has 170 valence electrons. The van der Waals surface area contributed by atoms with Crippen molar-refractivity contribution in [2.45, 2.75) is 13.3 Å². The van der Waals surface area contributed by atoms with Crippen molar-refractivity contribution >= 4 is 34.3 Å². The van der Waals surface area contributed by atoms with Gasteiger partial charge in [-0.3, -0.25) is 4.79 Å². The van der Waals surface area contributed by atoms with E-state index in [1.165, 1.54) is 23.5 Å². The topological polar surface area (TPSA) is 125 Å². The van der Waals surface area contributed by atoms with Gasteiger partial charge in [-0.2, -0.15) is 10.3 Å². The molecule has 0 atom stereocenters. The number of amides is 1. The van der Waals surface area contributed by atoms with Gasteiger partial charge in [0.1, 0.15) is 11.5 Å². The molecule has 0 saturated heterocycles. The van der Waals surface area contributed by atoms with Gasteiger partial charge in [-0.1, -0.05) is 0 Å². The number of hydrazone groups is 1. The Hall–Kier alpha value is -3.78. The van der Waals surface area contributed by atoms with E-state index >= 15 is 0 Å². The lowest BCUT2D eigenvalue weighted by Gasteiger charge is -2.09. The number of ether oxygens (including phenoxy) is 1. The van der Waals surface area contributed by atoms with E-state index in [0.29, 0.717) is 37.3 Å². The Bertz CT molecular complexity index is 1300. The van der Waals surface area contributed by atoms with Crippen LogP contribution in [0.5, 0.6) is 11.5 Å². The summed E-state index contributed by atoms with van der Waals surface area (Å²) in [4.78, 5) is 13.9. The summed E-state index contributed by atoms with van der Waals surface area (Å²) in [5, 5.41) is 29.8. The maximum atomic E-state index is 12.4. The van der Waals surface area contributed by atoms with Crippen molar-refractivity contribution in [3.63, 3.8) is 0 Å². The normalized spacial score (nSPS) is 12.1. The first-order valence-electron chi connectivity index (χ1n) is 9.06. The number of hydrogen-bond acceptors (Lipinski definition) is 9. The number of nitrogens with one attached hydrogen (secondary N) is 2. The fraction of sp³-hybridized carbons (Fsp3) is 0.105. The Morgan fingerprint density at radius 3 is 2.64 bits per heavy atom. The number of carbonyl (C=O) groups excluding carboxylic acids is 1. The van der Waals surface area contributed by atoms with Crippen LogP contribution in [0.4, 0.5) is 13.2 Å². The zero-order chi connectivity index (χ0) is 23.6. The summed E-state index contributed by atoms with van der Waals surface area (Å²) in [7, 11) is 0. The molecule has 3 heterocycles. The highest BCUT2D eigenvalue weighted by Gasteiger charge is 2.31. The number of halogens is 3. The molecule has 0 saturated carbocycles. The number of aromatic nitrogens is 4. The largest absolute Gasteiger partial charge is 0.573 e. The van der Waals surface area contributed by atoms with E-state index in [0.717, 1.165) is 23.5 Å². The molecule has 0 aliphatic rings. The molecular formula is C19H13F3N6O3S2. The highest BCUT2D eigenvalue weighted by molar-refractivity contribution is 7.17. The van der Waals surface area contributed by atoms with Gasteiger partial charge in [0.05, 0.1) is 25.9 Å². The molecule has 1 aromatic carbocycles. The van der Waals surface area contributed by atoms with Crippen molar-refractivity contribution in [1.82, 2.24) is 26.0 Å². The lowest BCUT2D eigenvalue weighted by molar-refractivity contribution is -0.274. The van der Waals surface area contributed by atoms with E-state index in [2.05, 4.69) is 35.9 Å². The smallest absolute Gasteiger partial charge is 0.506 e. The van der Waals surface area contributed by atoms with Crippen molar-refractivity contribution in [1.29, 1.82) is 0 Å². The SMILES string of the molecule is CC(=NNC(=O)c1ccc(-c2nn[nH]n2)s1)c1csc(-c2ccc(OC(F)(F)F)cc2)c1O. The summed E-state index contributed by atoms with van der Waals surface area (Å²) in [6.45, 7) is 1.60. The first-order valence-corrected chi connectivity index (χ1v) is 10.8. The van der Waals surface area contributed by atoms with Crippen molar-refractivity contribution in [2.24, 2.45) is 5.10 Å². The van der Waals surface area contributed by atoms with E-state index in [1.807, 2.05) is 0 Å². The van der Waals surface area contributed by atoms with Crippen LogP contribution in [0.25, 0.3) is 21.1 Å². The van der Waals surface area contributed by atoms with Crippen LogP contribution in [0.3, 0.4) is 0 Å². The number of nitrogens with zero attached hydrogens (tertiary/aromatic N) is 4. The number of aromatic amines is 1. The van der Waals surface area contributed by atoms with Gasteiger partial charge in [0.2, 0.25) is 5.82 Å². The molecule has 0 unspecified atom stereocenters. The summed E-state index contributed by atoms with van der Waals surface area (Å²) in [5.74, 6) is -0.550. The fourth-order valence-corrected chi connectivity index (χ4v) is 4.55. The number of alkyl halides is 3. The Balaban J connectivity index is 1.46. The third-order valence-corrected chi connectivity index (χ3v) is 6.32. The van der Waals surface area contributed by atoms with Crippen LogP contribution < -0.4 is 10.2 Å². The Labute approximate surface area is 191 Å². The van der Waals surface area contributed by atoms with Gasteiger partial charge in [0, 0.05) is 5.38 Å². The Morgan fingerprint density at radius 1 is 1.21 bits per heavy atom. The minimum atomic E-state index is -4.78. The maximum absolute atomic E-state index is 12.4. The molecule has 0 bridgehead atoms. The second kappa shape index (κ2) is 8.99. The van der Waals surface area contributed by atoms with Crippen molar-refractivity contribution in [3.8, 4) is 32.6 Å². The number of rotatable bonds is 6. The van der Waals surface area contributed by atoms with Gasteiger partial charge >= 0.3 is 6.36 Å². The summed E-state index contributed by atoms with van der Waals surface area (Å²) in [6.07, 6.45) is -4.78. The van der Waals surface area contributed by atoms with Crippen molar-refractivity contribution in [2.75, 3.05) is 0 Å². The highest BCUT2D eigenvalue weighted by Crippen LogP contribution is 2.39. The molecule has 33 heavy (non-hydrogen) atoms. The number of H-pyrrole nitrogens is 1. The molecule has 4 aromatic rings. The lowest BCUT2D eigenvalue weighted by atomic mass is 10.1. The Kier molecular flexibility index (Phi) is 6.11. The van der Waals surface area contributed by atoms with Crippen LogP contribution in [0.2, 0.25) is 0 Å². The first kappa shape index (κ1) is 22.4. The molecule has 1 amide bonds. The minimum absolute atomic E-state index is 0.101. The zero-order valence-corrected chi connectivity index (χ0v) is 18.2. The molecule has 0 spiro atoms. The molecule has 0 aliphatic heterocycles. The van der Waals surface area contributed by atoms with Crippen LogP contribution >= 0.6 is 22.7 Å². The molecule has 0 radical (unpaired) electrons. The van der Waals surface area contributed by atoms with Gasteiger partial charge in [0.15, 0.2) is 0 Å². The van der Waals surface area contributed by atoms with E-state index in [9.17, 15) is 23.1 Å². The first-order chi connectivity index (χ1) is 15.7. The summed E-state index contributed by atoms with van der Waals surface area (Å²) in [6, 6.07) is 8.41. The van der Waals surface area contributed by atoms with Crippen LogP contribution in [-0.2, 0) is 0 Å². The average Bonchev–Trinajstić information content (AvgIpc) is 3.51. The number of thiophene rings is 2. The monoisotopic (exact) mass is 494 g/mol. The van der Waals surface area contributed by atoms with Crippen LogP contribution in [0, 0.1) is 0 Å². The fourth-order valence-electron chi connectivity index (χ4n) is 2.72. The van der Waals surface area contributed by atoms with Crippen LogP contribution in [-0.4, -0.2) is 43.7 Å². The van der Waals surface area contributed by atoms with Gasteiger partial charge < -0.3 is 9.84 Å². The second-order valence-electron chi connectivity index (χ2n) is 6.44. The summed E-state index contributed by atoms with van der Waals surface area (Å²) >= 11 is 2.34. The number of benzene rings is 1. The minimum Gasteiger partial charge on any atom is -0.506 e. The molecular weight excluding hydrogens is 481 g/mol. The summed E-state index contributed by atoms with van der Waals surface area (Å²) in [5.41, 5.74) is 3.65. The van der Waals surface area contributed by atoms with E-state index in [4.69, 9.17) is 0 Å². The molecule has 0 fully saturated rings. The van der Waals surface area contributed by atoms with Gasteiger partial charge in [-0.05, 0) is 54.1 Å². The second-order valence-corrected chi connectivity index (χ2v) is 8.40. The van der Waals surface area contributed by atoms with Crippen LogP contribution in [0.15, 0.2) is 46.9 Å².